The van der Waals surface area contributed by atoms with Crippen molar-refractivity contribution in [2.45, 2.75) is 12.8 Å². The Hall–Kier alpha value is -1.98. The lowest BCUT2D eigenvalue weighted by atomic mass is 10.1. The molecule has 1 amide bonds. The Labute approximate surface area is 85.4 Å². The van der Waals surface area contributed by atoms with E-state index in [-0.39, 0.29) is 5.82 Å². The van der Waals surface area contributed by atoms with Crippen LogP contribution in [0.1, 0.15) is 12.8 Å². The first kappa shape index (κ1) is 9.57. The van der Waals surface area contributed by atoms with Crippen molar-refractivity contribution in [2.24, 2.45) is 5.41 Å². The minimum absolute atomic E-state index is 0.273. The topological polar surface area (TPSA) is 92.2 Å². The number of aliphatic carboxylic acids is 1. The Morgan fingerprint density at radius 2 is 2.13 bits per heavy atom. The van der Waals surface area contributed by atoms with Crippen molar-refractivity contribution in [2.75, 3.05) is 5.32 Å². The molecule has 2 rings (SSSR count). The number of carbonyl (C=O) groups is 2. The number of rotatable bonds is 3. The van der Waals surface area contributed by atoms with Gasteiger partial charge in [-0.25, -0.2) is 4.98 Å². The summed E-state index contributed by atoms with van der Waals surface area (Å²) in [6.07, 6.45) is 5.04. The van der Waals surface area contributed by atoms with Crippen LogP contribution in [-0.4, -0.2) is 27.0 Å². The Bertz CT molecular complexity index is 400. The largest absolute Gasteiger partial charge is 0.480 e. The second kappa shape index (κ2) is 3.30. The first-order valence-corrected chi connectivity index (χ1v) is 4.46. The van der Waals surface area contributed by atoms with E-state index in [9.17, 15) is 9.59 Å². The zero-order chi connectivity index (χ0) is 10.9. The van der Waals surface area contributed by atoms with Gasteiger partial charge in [0.15, 0.2) is 5.82 Å². The Morgan fingerprint density at radius 1 is 1.40 bits per heavy atom. The molecule has 1 aromatic rings. The molecule has 6 nitrogen and oxygen atoms in total. The van der Waals surface area contributed by atoms with E-state index < -0.39 is 17.3 Å². The number of nitrogens with one attached hydrogen (secondary N) is 1. The van der Waals surface area contributed by atoms with Crippen molar-refractivity contribution in [1.29, 1.82) is 0 Å². The van der Waals surface area contributed by atoms with Crippen LogP contribution in [0.5, 0.6) is 0 Å². The number of carboxylic acids is 1. The molecular weight excluding hydrogens is 198 g/mol. The summed E-state index contributed by atoms with van der Waals surface area (Å²) in [5, 5.41) is 11.3. The van der Waals surface area contributed by atoms with Gasteiger partial charge in [0.2, 0.25) is 5.91 Å². The van der Waals surface area contributed by atoms with Crippen LogP contribution < -0.4 is 5.32 Å². The van der Waals surface area contributed by atoms with Crippen molar-refractivity contribution < 1.29 is 14.7 Å². The highest BCUT2D eigenvalue weighted by Gasteiger charge is 2.57. The van der Waals surface area contributed by atoms with Gasteiger partial charge in [0, 0.05) is 12.4 Å². The summed E-state index contributed by atoms with van der Waals surface area (Å²) in [5.41, 5.74) is -1.24. The summed E-state index contributed by atoms with van der Waals surface area (Å²) >= 11 is 0. The lowest BCUT2D eigenvalue weighted by Crippen LogP contribution is -2.31. The number of nitrogens with zero attached hydrogens (tertiary/aromatic N) is 2. The lowest BCUT2D eigenvalue weighted by Gasteiger charge is -2.09. The van der Waals surface area contributed by atoms with Gasteiger partial charge in [0.25, 0.3) is 0 Å². The molecule has 0 spiro atoms. The number of aromatic nitrogens is 2. The molecule has 0 aromatic carbocycles. The van der Waals surface area contributed by atoms with E-state index in [0.717, 1.165) is 0 Å². The standard InChI is InChI=1S/C9H9N3O3/c13-7(9(1-2-9)8(14)15)12-6-5-10-3-4-11-6/h3-5H,1-2H2,(H,14,15)(H,11,12,13). The van der Waals surface area contributed by atoms with Gasteiger partial charge in [0.05, 0.1) is 6.20 Å². The average molecular weight is 207 g/mol. The molecule has 2 N–H and O–H groups in total. The van der Waals surface area contributed by atoms with Crippen molar-refractivity contribution in [3.63, 3.8) is 0 Å². The normalized spacial score (nSPS) is 16.8. The molecule has 78 valence electrons. The van der Waals surface area contributed by atoms with Gasteiger partial charge in [-0.05, 0) is 12.8 Å². The number of carbonyl (C=O) groups excluding carboxylic acids is 1. The quantitative estimate of drug-likeness (QED) is 0.694. The van der Waals surface area contributed by atoms with E-state index in [2.05, 4.69) is 15.3 Å². The Balaban J connectivity index is 2.08. The van der Waals surface area contributed by atoms with Crippen molar-refractivity contribution in [3.8, 4) is 0 Å². The maximum absolute atomic E-state index is 11.6. The van der Waals surface area contributed by atoms with Gasteiger partial charge < -0.3 is 10.4 Å². The van der Waals surface area contributed by atoms with E-state index in [4.69, 9.17) is 5.11 Å². The second-order valence-corrected chi connectivity index (χ2v) is 3.43. The van der Waals surface area contributed by atoms with Gasteiger partial charge in [-0.1, -0.05) is 0 Å². The number of hydrogen-bond donors (Lipinski definition) is 2. The van der Waals surface area contributed by atoms with Crippen LogP contribution in [0, 0.1) is 5.41 Å². The molecule has 1 fully saturated rings. The zero-order valence-electron chi connectivity index (χ0n) is 7.80. The highest BCUT2D eigenvalue weighted by molar-refractivity contribution is 6.10. The maximum Gasteiger partial charge on any atom is 0.319 e. The summed E-state index contributed by atoms with van der Waals surface area (Å²) in [7, 11) is 0. The lowest BCUT2D eigenvalue weighted by molar-refractivity contribution is -0.147. The molecule has 0 saturated heterocycles. The summed E-state index contributed by atoms with van der Waals surface area (Å²) < 4.78 is 0. The molecule has 0 bridgehead atoms. The molecule has 6 heteroatoms. The first-order chi connectivity index (χ1) is 7.15. The van der Waals surface area contributed by atoms with Crippen LogP contribution in [-0.2, 0) is 9.59 Å². The van der Waals surface area contributed by atoms with E-state index in [1.807, 2.05) is 0 Å². The fraction of sp³-hybridized carbons (Fsp3) is 0.333. The van der Waals surface area contributed by atoms with E-state index in [1.165, 1.54) is 18.6 Å². The van der Waals surface area contributed by atoms with Gasteiger partial charge in [-0.3, -0.25) is 14.6 Å². The first-order valence-electron chi connectivity index (χ1n) is 4.46. The number of anilines is 1. The van der Waals surface area contributed by atoms with Crippen LogP contribution in [0.25, 0.3) is 0 Å². The summed E-state index contributed by atoms with van der Waals surface area (Å²) in [5.74, 6) is -1.32. The van der Waals surface area contributed by atoms with Crippen LogP contribution in [0.4, 0.5) is 5.82 Å². The van der Waals surface area contributed by atoms with Crippen LogP contribution in [0.3, 0.4) is 0 Å². The third kappa shape index (κ3) is 1.65. The third-order valence-corrected chi connectivity index (χ3v) is 2.40. The van der Waals surface area contributed by atoms with E-state index in [1.54, 1.807) is 0 Å². The number of amides is 1. The highest BCUT2D eigenvalue weighted by Crippen LogP contribution is 2.46. The SMILES string of the molecule is O=C(O)C1(C(=O)Nc2cnccn2)CC1. The molecule has 1 heterocycles. The number of hydrogen-bond acceptors (Lipinski definition) is 4. The van der Waals surface area contributed by atoms with Gasteiger partial charge >= 0.3 is 5.97 Å². The van der Waals surface area contributed by atoms with Crippen molar-refractivity contribution in [1.82, 2.24) is 9.97 Å². The second-order valence-electron chi connectivity index (χ2n) is 3.43. The van der Waals surface area contributed by atoms with Gasteiger partial charge in [-0.15, -0.1) is 0 Å². The maximum atomic E-state index is 11.6. The fourth-order valence-corrected chi connectivity index (χ4v) is 1.26. The predicted octanol–water partition coefficient (Wildman–Crippen LogP) is 0.280. The monoisotopic (exact) mass is 207 g/mol. The highest BCUT2D eigenvalue weighted by atomic mass is 16.4. The Morgan fingerprint density at radius 3 is 2.60 bits per heavy atom. The third-order valence-electron chi connectivity index (χ3n) is 2.40. The zero-order valence-corrected chi connectivity index (χ0v) is 7.80. The molecule has 0 atom stereocenters. The fourth-order valence-electron chi connectivity index (χ4n) is 1.26. The van der Waals surface area contributed by atoms with Crippen LogP contribution in [0.15, 0.2) is 18.6 Å². The summed E-state index contributed by atoms with van der Waals surface area (Å²) in [4.78, 5) is 30.0. The molecule has 15 heavy (non-hydrogen) atoms. The molecule has 1 aliphatic carbocycles. The smallest absolute Gasteiger partial charge is 0.319 e. The Kier molecular flexibility index (Phi) is 2.11. The van der Waals surface area contributed by atoms with E-state index >= 15 is 0 Å². The van der Waals surface area contributed by atoms with Crippen LogP contribution in [0.2, 0.25) is 0 Å². The summed E-state index contributed by atoms with van der Waals surface area (Å²) in [6.45, 7) is 0. The van der Waals surface area contributed by atoms with Gasteiger partial charge in [0.1, 0.15) is 5.41 Å². The minimum atomic E-state index is -1.24. The molecule has 1 aliphatic rings. The summed E-state index contributed by atoms with van der Waals surface area (Å²) in [6, 6.07) is 0. The van der Waals surface area contributed by atoms with Crippen molar-refractivity contribution in [3.05, 3.63) is 18.6 Å². The number of carboxylic acid groups (broad SMARTS) is 1. The molecule has 1 aromatic heterocycles. The molecule has 1 saturated carbocycles. The molecule has 0 unspecified atom stereocenters. The minimum Gasteiger partial charge on any atom is -0.480 e. The molecule has 0 aliphatic heterocycles. The molecular formula is C9H9N3O3. The average Bonchev–Trinajstić information content (AvgIpc) is 2.99. The van der Waals surface area contributed by atoms with Crippen LogP contribution >= 0.6 is 0 Å². The molecule has 0 radical (unpaired) electrons. The van der Waals surface area contributed by atoms with Gasteiger partial charge in [-0.2, -0.15) is 0 Å². The van der Waals surface area contributed by atoms with E-state index in [0.29, 0.717) is 12.8 Å². The van der Waals surface area contributed by atoms with Crippen molar-refractivity contribution >= 4 is 17.7 Å². The predicted molar refractivity (Wildman–Crippen MR) is 50.0 cm³/mol.